The van der Waals surface area contributed by atoms with E-state index in [0.717, 1.165) is 24.0 Å². The normalized spacial score (nSPS) is 13.1. The molecule has 0 aliphatic carbocycles. The molecular formula is C12H19BrN2. The predicted octanol–water partition coefficient (Wildman–Crippen LogP) is 2.79. The van der Waals surface area contributed by atoms with Crippen LogP contribution >= 0.6 is 15.9 Å². The SMILES string of the molecule is CCN(C)CCC(N)c1cccc(Br)c1. The first-order valence-corrected chi connectivity index (χ1v) is 6.12. The maximum absolute atomic E-state index is 6.12. The molecule has 3 heteroatoms. The molecule has 0 spiro atoms. The summed E-state index contributed by atoms with van der Waals surface area (Å²) in [5, 5.41) is 0. The van der Waals surface area contributed by atoms with E-state index in [0.29, 0.717) is 0 Å². The highest BCUT2D eigenvalue weighted by Gasteiger charge is 2.06. The van der Waals surface area contributed by atoms with E-state index in [2.05, 4.69) is 46.9 Å². The van der Waals surface area contributed by atoms with Crippen molar-refractivity contribution in [2.24, 2.45) is 5.73 Å². The third-order valence-electron chi connectivity index (χ3n) is 2.64. The lowest BCUT2D eigenvalue weighted by atomic mass is 10.0. The summed E-state index contributed by atoms with van der Waals surface area (Å²) < 4.78 is 1.10. The maximum atomic E-state index is 6.12. The van der Waals surface area contributed by atoms with Gasteiger partial charge >= 0.3 is 0 Å². The van der Waals surface area contributed by atoms with Crippen LogP contribution in [-0.2, 0) is 0 Å². The minimum Gasteiger partial charge on any atom is -0.324 e. The van der Waals surface area contributed by atoms with Crippen molar-refractivity contribution in [3.63, 3.8) is 0 Å². The van der Waals surface area contributed by atoms with Crippen LogP contribution in [0.25, 0.3) is 0 Å². The van der Waals surface area contributed by atoms with Gasteiger partial charge in [0.1, 0.15) is 0 Å². The second kappa shape index (κ2) is 6.26. The van der Waals surface area contributed by atoms with E-state index in [1.165, 1.54) is 5.56 Å². The molecule has 0 aliphatic heterocycles. The van der Waals surface area contributed by atoms with Gasteiger partial charge in [-0.25, -0.2) is 0 Å². The van der Waals surface area contributed by atoms with Crippen molar-refractivity contribution in [3.8, 4) is 0 Å². The van der Waals surface area contributed by atoms with E-state index in [9.17, 15) is 0 Å². The second-order valence-corrected chi connectivity index (χ2v) is 4.76. The average molecular weight is 271 g/mol. The van der Waals surface area contributed by atoms with Crippen molar-refractivity contribution in [2.75, 3.05) is 20.1 Å². The lowest BCUT2D eigenvalue weighted by Crippen LogP contribution is -2.23. The quantitative estimate of drug-likeness (QED) is 0.892. The van der Waals surface area contributed by atoms with E-state index >= 15 is 0 Å². The Labute approximate surface area is 101 Å². The molecule has 15 heavy (non-hydrogen) atoms. The van der Waals surface area contributed by atoms with E-state index in [1.54, 1.807) is 0 Å². The Morgan fingerprint density at radius 2 is 2.20 bits per heavy atom. The standard InChI is InChI=1S/C12H19BrN2/c1-3-15(2)8-7-12(14)10-5-4-6-11(13)9-10/h4-6,9,12H,3,7-8,14H2,1-2H3. The van der Waals surface area contributed by atoms with E-state index in [1.807, 2.05) is 12.1 Å². The topological polar surface area (TPSA) is 29.3 Å². The summed E-state index contributed by atoms with van der Waals surface area (Å²) in [7, 11) is 2.12. The third-order valence-corrected chi connectivity index (χ3v) is 3.13. The molecule has 0 fully saturated rings. The Kier molecular flexibility index (Phi) is 5.29. The first-order valence-electron chi connectivity index (χ1n) is 5.33. The van der Waals surface area contributed by atoms with Gasteiger partial charge in [-0.3, -0.25) is 0 Å². The minimum atomic E-state index is 0.136. The summed E-state index contributed by atoms with van der Waals surface area (Å²) in [6.45, 7) is 4.28. The van der Waals surface area contributed by atoms with Crippen LogP contribution in [0, 0.1) is 0 Å². The van der Waals surface area contributed by atoms with Crippen molar-refractivity contribution in [3.05, 3.63) is 34.3 Å². The molecule has 1 unspecified atom stereocenters. The molecule has 84 valence electrons. The van der Waals surface area contributed by atoms with Crippen molar-refractivity contribution in [2.45, 2.75) is 19.4 Å². The number of hydrogen-bond acceptors (Lipinski definition) is 2. The summed E-state index contributed by atoms with van der Waals surface area (Å²) in [6, 6.07) is 8.37. The Hall–Kier alpha value is -0.380. The number of rotatable bonds is 5. The fourth-order valence-corrected chi connectivity index (χ4v) is 1.84. The molecule has 0 heterocycles. The fourth-order valence-electron chi connectivity index (χ4n) is 1.42. The monoisotopic (exact) mass is 270 g/mol. The zero-order valence-corrected chi connectivity index (χ0v) is 11.0. The van der Waals surface area contributed by atoms with Crippen LogP contribution in [-0.4, -0.2) is 25.0 Å². The largest absolute Gasteiger partial charge is 0.324 e. The molecule has 2 N–H and O–H groups in total. The Balaban J connectivity index is 2.50. The molecule has 0 bridgehead atoms. The van der Waals surface area contributed by atoms with Crippen molar-refractivity contribution in [1.82, 2.24) is 4.90 Å². The van der Waals surface area contributed by atoms with Crippen molar-refractivity contribution < 1.29 is 0 Å². The number of halogens is 1. The Morgan fingerprint density at radius 1 is 1.47 bits per heavy atom. The highest BCUT2D eigenvalue weighted by Crippen LogP contribution is 2.18. The molecule has 2 nitrogen and oxygen atoms in total. The van der Waals surface area contributed by atoms with Crippen LogP contribution in [0.5, 0.6) is 0 Å². The molecule has 0 aromatic heterocycles. The van der Waals surface area contributed by atoms with Gasteiger partial charge < -0.3 is 10.6 Å². The lowest BCUT2D eigenvalue weighted by molar-refractivity contribution is 0.335. The van der Waals surface area contributed by atoms with Crippen LogP contribution in [0.4, 0.5) is 0 Å². The van der Waals surface area contributed by atoms with Crippen LogP contribution in [0.15, 0.2) is 28.7 Å². The van der Waals surface area contributed by atoms with Crippen LogP contribution in [0.2, 0.25) is 0 Å². The van der Waals surface area contributed by atoms with Gasteiger partial charge in [-0.1, -0.05) is 35.0 Å². The lowest BCUT2D eigenvalue weighted by Gasteiger charge is -2.17. The first kappa shape index (κ1) is 12.7. The molecule has 0 radical (unpaired) electrons. The molecule has 1 rings (SSSR count). The average Bonchev–Trinajstić information content (AvgIpc) is 2.25. The zero-order valence-electron chi connectivity index (χ0n) is 9.41. The Morgan fingerprint density at radius 3 is 2.80 bits per heavy atom. The fraction of sp³-hybridized carbons (Fsp3) is 0.500. The van der Waals surface area contributed by atoms with Crippen molar-refractivity contribution >= 4 is 15.9 Å². The third kappa shape index (κ3) is 4.33. The zero-order chi connectivity index (χ0) is 11.3. The highest BCUT2D eigenvalue weighted by molar-refractivity contribution is 9.10. The molecule has 0 aliphatic rings. The van der Waals surface area contributed by atoms with E-state index in [-0.39, 0.29) is 6.04 Å². The van der Waals surface area contributed by atoms with Crippen LogP contribution in [0.3, 0.4) is 0 Å². The van der Waals surface area contributed by atoms with Crippen LogP contribution in [0.1, 0.15) is 24.9 Å². The molecule has 0 saturated carbocycles. The van der Waals surface area contributed by atoms with E-state index in [4.69, 9.17) is 5.73 Å². The molecule has 0 amide bonds. The summed E-state index contributed by atoms with van der Waals surface area (Å²) in [5.41, 5.74) is 7.32. The molecule has 1 aromatic carbocycles. The number of nitrogens with two attached hydrogens (primary N) is 1. The van der Waals surface area contributed by atoms with Gasteiger partial charge in [0.05, 0.1) is 0 Å². The summed E-state index contributed by atoms with van der Waals surface area (Å²) in [4.78, 5) is 2.28. The molecule has 0 saturated heterocycles. The highest BCUT2D eigenvalue weighted by atomic mass is 79.9. The van der Waals surface area contributed by atoms with Gasteiger partial charge in [-0.15, -0.1) is 0 Å². The van der Waals surface area contributed by atoms with Gasteiger partial charge in [-0.2, -0.15) is 0 Å². The predicted molar refractivity (Wildman–Crippen MR) is 68.9 cm³/mol. The van der Waals surface area contributed by atoms with Gasteiger partial charge in [0, 0.05) is 10.5 Å². The second-order valence-electron chi connectivity index (χ2n) is 3.85. The summed E-state index contributed by atoms with van der Waals surface area (Å²) in [6.07, 6.45) is 1.00. The maximum Gasteiger partial charge on any atom is 0.0307 e. The number of benzene rings is 1. The Bertz CT molecular complexity index is 301. The summed E-state index contributed by atoms with van der Waals surface area (Å²) in [5.74, 6) is 0. The van der Waals surface area contributed by atoms with Gasteiger partial charge in [-0.05, 0) is 44.3 Å². The van der Waals surface area contributed by atoms with Crippen LogP contribution < -0.4 is 5.73 Å². The minimum absolute atomic E-state index is 0.136. The smallest absolute Gasteiger partial charge is 0.0307 e. The summed E-state index contributed by atoms with van der Waals surface area (Å²) >= 11 is 3.46. The van der Waals surface area contributed by atoms with Gasteiger partial charge in [0.15, 0.2) is 0 Å². The first-order chi connectivity index (χ1) is 7.13. The molecular weight excluding hydrogens is 252 g/mol. The van der Waals surface area contributed by atoms with Gasteiger partial charge in [0.2, 0.25) is 0 Å². The molecule has 1 atom stereocenters. The molecule has 1 aromatic rings. The van der Waals surface area contributed by atoms with Gasteiger partial charge in [0.25, 0.3) is 0 Å². The number of hydrogen-bond donors (Lipinski definition) is 1. The van der Waals surface area contributed by atoms with E-state index < -0.39 is 0 Å². The van der Waals surface area contributed by atoms with Crippen molar-refractivity contribution in [1.29, 1.82) is 0 Å². The number of nitrogens with zero attached hydrogens (tertiary/aromatic N) is 1.